The zero-order valence-electron chi connectivity index (χ0n) is 13.3. The number of hydrogen-bond donors (Lipinski definition) is 1. The molecule has 5 nitrogen and oxygen atoms in total. The van der Waals surface area contributed by atoms with Gasteiger partial charge in [0.25, 0.3) is 0 Å². The van der Waals surface area contributed by atoms with Gasteiger partial charge in [0.05, 0.1) is 19.3 Å². The lowest BCUT2D eigenvalue weighted by atomic mass is 9.87. The molecule has 3 aliphatic rings. The topological polar surface area (TPSA) is 46.1 Å². The summed E-state index contributed by atoms with van der Waals surface area (Å²) in [5, 5.41) is 3.45. The fourth-order valence-electron chi connectivity index (χ4n) is 3.86. The number of hydrogen-bond acceptors (Lipinski definition) is 3. The molecule has 5 heteroatoms. The first-order chi connectivity index (χ1) is 10.3. The molecular weight excluding hydrogens is 266 g/mol. The monoisotopic (exact) mass is 295 g/mol. The predicted molar refractivity (Wildman–Crippen MR) is 83.6 cm³/mol. The summed E-state index contributed by atoms with van der Waals surface area (Å²) in [6.07, 6.45) is 8.07. The molecule has 3 fully saturated rings. The number of aliphatic imine (C=N–C) groups is 1. The van der Waals surface area contributed by atoms with E-state index in [0.29, 0.717) is 11.5 Å². The van der Waals surface area contributed by atoms with E-state index in [1.807, 2.05) is 7.05 Å². The van der Waals surface area contributed by atoms with Gasteiger partial charge in [-0.2, -0.15) is 0 Å². The first-order valence-electron chi connectivity index (χ1n) is 8.46. The van der Waals surface area contributed by atoms with Crippen LogP contribution in [0.4, 0.5) is 0 Å². The number of nitrogens with zero attached hydrogens (tertiary/aromatic N) is 2. The van der Waals surface area contributed by atoms with Crippen molar-refractivity contribution in [1.82, 2.24) is 10.2 Å². The van der Waals surface area contributed by atoms with Gasteiger partial charge in [0.1, 0.15) is 0 Å². The maximum Gasteiger partial charge on any atom is 0.193 e. The second kappa shape index (κ2) is 6.97. The Morgan fingerprint density at radius 3 is 2.95 bits per heavy atom. The summed E-state index contributed by atoms with van der Waals surface area (Å²) in [5.74, 6) is 1.02. The van der Waals surface area contributed by atoms with Crippen LogP contribution >= 0.6 is 0 Å². The second-order valence-electron chi connectivity index (χ2n) is 6.73. The van der Waals surface area contributed by atoms with E-state index in [1.165, 1.54) is 38.5 Å². The quantitative estimate of drug-likeness (QED) is 0.486. The molecule has 0 radical (unpaired) electrons. The summed E-state index contributed by atoms with van der Waals surface area (Å²) < 4.78 is 11.5. The van der Waals surface area contributed by atoms with E-state index >= 15 is 0 Å². The first kappa shape index (κ1) is 15.1. The van der Waals surface area contributed by atoms with Crippen LogP contribution in [-0.4, -0.2) is 63.5 Å². The van der Waals surface area contributed by atoms with Crippen LogP contribution in [-0.2, 0) is 9.47 Å². The maximum absolute atomic E-state index is 5.90. The smallest absolute Gasteiger partial charge is 0.193 e. The van der Waals surface area contributed by atoms with Gasteiger partial charge in [0, 0.05) is 38.7 Å². The van der Waals surface area contributed by atoms with E-state index in [9.17, 15) is 0 Å². The zero-order chi connectivity index (χ0) is 14.5. The third-order valence-corrected chi connectivity index (χ3v) is 5.18. The van der Waals surface area contributed by atoms with E-state index in [4.69, 9.17) is 9.47 Å². The molecule has 0 aromatic carbocycles. The molecule has 1 spiro atoms. The van der Waals surface area contributed by atoms with Gasteiger partial charge >= 0.3 is 0 Å². The van der Waals surface area contributed by atoms with Crippen LogP contribution in [0, 0.1) is 5.41 Å². The molecule has 0 bridgehead atoms. The standard InChI is InChI=1S/C16H29N3O2/c1-17-15(18-8-11-21-14-4-2-3-5-14)19-9-6-16(12-19)7-10-20-13-16/h14H,2-13H2,1H3,(H,17,18). The van der Waals surface area contributed by atoms with Gasteiger partial charge in [-0.05, 0) is 25.7 Å². The van der Waals surface area contributed by atoms with Crippen molar-refractivity contribution in [3.05, 3.63) is 0 Å². The van der Waals surface area contributed by atoms with Crippen LogP contribution in [0.15, 0.2) is 4.99 Å². The number of rotatable bonds is 4. The highest BCUT2D eigenvalue weighted by atomic mass is 16.5. The molecule has 0 aromatic rings. The Morgan fingerprint density at radius 1 is 1.38 bits per heavy atom. The van der Waals surface area contributed by atoms with E-state index in [1.54, 1.807) is 0 Å². The molecular formula is C16H29N3O2. The molecule has 1 N–H and O–H groups in total. The van der Waals surface area contributed by atoms with Crippen LogP contribution in [0.3, 0.4) is 0 Å². The molecule has 1 unspecified atom stereocenters. The summed E-state index contributed by atoms with van der Waals surface area (Å²) in [6.45, 7) is 5.65. The number of likely N-dealkylation sites (tertiary alicyclic amines) is 1. The zero-order valence-corrected chi connectivity index (χ0v) is 13.3. The Hall–Kier alpha value is -0.810. The lowest BCUT2D eigenvalue weighted by Crippen LogP contribution is -2.42. The van der Waals surface area contributed by atoms with E-state index in [2.05, 4.69) is 15.2 Å². The third-order valence-electron chi connectivity index (χ3n) is 5.18. The molecule has 0 amide bonds. The van der Waals surface area contributed by atoms with E-state index in [0.717, 1.165) is 45.4 Å². The fraction of sp³-hybridized carbons (Fsp3) is 0.938. The highest BCUT2D eigenvalue weighted by molar-refractivity contribution is 5.80. The lowest BCUT2D eigenvalue weighted by molar-refractivity contribution is 0.0619. The summed E-state index contributed by atoms with van der Waals surface area (Å²) in [4.78, 5) is 6.81. The van der Waals surface area contributed by atoms with E-state index < -0.39 is 0 Å². The second-order valence-corrected chi connectivity index (χ2v) is 6.73. The van der Waals surface area contributed by atoms with Gasteiger partial charge < -0.3 is 19.7 Å². The van der Waals surface area contributed by atoms with Gasteiger partial charge in [-0.1, -0.05) is 12.8 Å². The van der Waals surface area contributed by atoms with Crippen LogP contribution in [0.2, 0.25) is 0 Å². The van der Waals surface area contributed by atoms with Crippen molar-refractivity contribution < 1.29 is 9.47 Å². The average Bonchev–Trinajstić information content (AvgIpc) is 3.24. The minimum atomic E-state index is 0.387. The van der Waals surface area contributed by atoms with Crippen molar-refractivity contribution in [1.29, 1.82) is 0 Å². The molecule has 1 saturated carbocycles. The van der Waals surface area contributed by atoms with Gasteiger partial charge in [0.15, 0.2) is 5.96 Å². The Morgan fingerprint density at radius 2 is 2.24 bits per heavy atom. The molecule has 0 aromatic heterocycles. The molecule has 3 rings (SSSR count). The molecule has 1 atom stereocenters. The minimum absolute atomic E-state index is 0.387. The van der Waals surface area contributed by atoms with Crippen molar-refractivity contribution in [2.24, 2.45) is 10.4 Å². The van der Waals surface area contributed by atoms with Crippen LogP contribution in [0.1, 0.15) is 38.5 Å². The van der Waals surface area contributed by atoms with Crippen LogP contribution in [0.5, 0.6) is 0 Å². The number of nitrogens with one attached hydrogen (secondary N) is 1. The van der Waals surface area contributed by atoms with Gasteiger partial charge in [0.2, 0.25) is 0 Å². The molecule has 1 aliphatic carbocycles. The number of guanidine groups is 1. The molecule has 2 saturated heterocycles. The average molecular weight is 295 g/mol. The first-order valence-corrected chi connectivity index (χ1v) is 8.46. The highest BCUT2D eigenvalue weighted by Gasteiger charge is 2.42. The van der Waals surface area contributed by atoms with Gasteiger partial charge in [-0.15, -0.1) is 0 Å². The Bertz CT molecular complexity index is 361. The van der Waals surface area contributed by atoms with Gasteiger partial charge in [-0.25, -0.2) is 0 Å². The summed E-state index contributed by atoms with van der Waals surface area (Å²) in [7, 11) is 1.87. The van der Waals surface area contributed by atoms with E-state index in [-0.39, 0.29) is 0 Å². The predicted octanol–water partition coefficient (Wildman–Crippen LogP) is 1.63. The Labute approximate surface area is 128 Å². The third kappa shape index (κ3) is 3.69. The summed E-state index contributed by atoms with van der Waals surface area (Å²) in [6, 6.07) is 0. The van der Waals surface area contributed by atoms with Crippen LogP contribution < -0.4 is 5.32 Å². The maximum atomic E-state index is 5.90. The van der Waals surface area contributed by atoms with Crippen molar-refractivity contribution in [3.8, 4) is 0 Å². The Kier molecular flexibility index (Phi) is 5.01. The number of ether oxygens (including phenoxy) is 2. The van der Waals surface area contributed by atoms with Crippen molar-refractivity contribution in [3.63, 3.8) is 0 Å². The largest absolute Gasteiger partial charge is 0.381 e. The van der Waals surface area contributed by atoms with Crippen LogP contribution in [0.25, 0.3) is 0 Å². The molecule has 21 heavy (non-hydrogen) atoms. The fourth-order valence-corrected chi connectivity index (χ4v) is 3.86. The highest BCUT2D eigenvalue weighted by Crippen LogP contribution is 2.38. The lowest BCUT2D eigenvalue weighted by Gasteiger charge is -2.25. The van der Waals surface area contributed by atoms with Crippen molar-refractivity contribution in [2.75, 3.05) is 46.5 Å². The summed E-state index contributed by atoms with van der Waals surface area (Å²) in [5.41, 5.74) is 0.387. The van der Waals surface area contributed by atoms with Gasteiger partial charge in [-0.3, -0.25) is 4.99 Å². The minimum Gasteiger partial charge on any atom is -0.381 e. The van der Waals surface area contributed by atoms with Crippen molar-refractivity contribution >= 4 is 5.96 Å². The Balaban J connectivity index is 1.39. The SMILES string of the molecule is CN=C(NCCOC1CCCC1)N1CCC2(CCOC2)C1. The normalized spacial score (nSPS) is 30.7. The van der Waals surface area contributed by atoms with Crippen molar-refractivity contribution in [2.45, 2.75) is 44.6 Å². The molecule has 2 aliphatic heterocycles. The molecule has 2 heterocycles. The molecule has 120 valence electrons. The summed E-state index contributed by atoms with van der Waals surface area (Å²) >= 11 is 0.